The molecule has 0 spiro atoms. The summed E-state index contributed by atoms with van der Waals surface area (Å²) >= 11 is 0. The molecular formula is C23H26N2O. The van der Waals surface area contributed by atoms with Crippen molar-refractivity contribution in [2.24, 2.45) is 0 Å². The molecule has 2 aliphatic rings. The van der Waals surface area contributed by atoms with E-state index in [1.54, 1.807) is 0 Å². The summed E-state index contributed by atoms with van der Waals surface area (Å²) in [6, 6.07) is 20.6. The van der Waals surface area contributed by atoms with Crippen molar-refractivity contribution in [3.8, 4) is 0 Å². The van der Waals surface area contributed by atoms with Gasteiger partial charge in [0.2, 0.25) is 5.78 Å². The Kier molecular flexibility index (Phi) is 4.41. The Morgan fingerprint density at radius 3 is 2.08 bits per heavy atom. The molecule has 2 aromatic rings. The first-order valence-electron chi connectivity index (χ1n) is 9.51. The van der Waals surface area contributed by atoms with E-state index < -0.39 is 5.66 Å². The average Bonchev–Trinajstić information content (AvgIpc) is 2.80. The lowest BCUT2D eigenvalue weighted by Crippen LogP contribution is -2.58. The molecule has 0 aliphatic carbocycles. The Balaban J connectivity index is 1.99. The number of ketones is 1. The molecule has 2 aliphatic heterocycles. The van der Waals surface area contributed by atoms with Crippen LogP contribution in [0.1, 0.15) is 36.8 Å². The maximum absolute atomic E-state index is 13.9. The molecule has 0 amide bonds. The summed E-state index contributed by atoms with van der Waals surface area (Å²) in [6.45, 7) is 0.921. The fourth-order valence-corrected chi connectivity index (χ4v) is 4.55. The molecule has 3 nitrogen and oxygen atoms in total. The standard InChI is InChI=1S/C23H26N2O/c1-24(2)23-16-10-5-11-17-25(23)21(19-14-8-4-9-15-19)20(22(23)26)18-12-6-3-7-13-18/h3-4,6-9,12-15H,5,10-11,16-17H2,1-2H3. The van der Waals surface area contributed by atoms with E-state index in [1.807, 2.05) is 38.4 Å². The van der Waals surface area contributed by atoms with Gasteiger partial charge in [0.15, 0.2) is 5.66 Å². The minimum Gasteiger partial charge on any atom is -0.345 e. The maximum atomic E-state index is 13.9. The van der Waals surface area contributed by atoms with Gasteiger partial charge in [0.25, 0.3) is 0 Å². The lowest BCUT2D eigenvalue weighted by Gasteiger charge is -2.43. The normalized spacial score (nSPS) is 23.3. The second-order valence-corrected chi connectivity index (χ2v) is 7.46. The minimum atomic E-state index is -0.563. The average molecular weight is 346 g/mol. The highest BCUT2D eigenvalue weighted by molar-refractivity contribution is 6.34. The van der Waals surface area contributed by atoms with Crippen molar-refractivity contribution in [2.45, 2.75) is 31.3 Å². The molecule has 0 aromatic heterocycles. The van der Waals surface area contributed by atoms with Gasteiger partial charge in [-0.3, -0.25) is 9.69 Å². The van der Waals surface area contributed by atoms with Crippen LogP contribution in [0.5, 0.6) is 0 Å². The van der Waals surface area contributed by atoms with Gasteiger partial charge in [-0.1, -0.05) is 67.1 Å². The largest absolute Gasteiger partial charge is 0.345 e. The highest BCUT2D eigenvalue weighted by Gasteiger charge is 2.54. The monoisotopic (exact) mass is 346 g/mol. The molecule has 0 N–H and O–H groups in total. The number of carbonyl (C=O) groups excluding carboxylic acids is 1. The van der Waals surface area contributed by atoms with Crippen LogP contribution in [0.15, 0.2) is 60.7 Å². The molecule has 1 unspecified atom stereocenters. The molecule has 1 fully saturated rings. The van der Waals surface area contributed by atoms with E-state index in [-0.39, 0.29) is 5.78 Å². The molecule has 0 bridgehead atoms. The number of nitrogens with zero attached hydrogens (tertiary/aromatic N) is 2. The van der Waals surface area contributed by atoms with Crippen molar-refractivity contribution in [3.05, 3.63) is 71.8 Å². The summed E-state index contributed by atoms with van der Waals surface area (Å²) in [7, 11) is 4.10. The zero-order valence-electron chi connectivity index (χ0n) is 15.6. The third-order valence-corrected chi connectivity index (χ3v) is 5.80. The van der Waals surface area contributed by atoms with Gasteiger partial charge >= 0.3 is 0 Å². The first kappa shape index (κ1) is 17.0. The molecule has 3 heteroatoms. The third-order valence-electron chi connectivity index (χ3n) is 5.80. The number of carbonyl (C=O) groups is 1. The van der Waals surface area contributed by atoms with Gasteiger partial charge in [-0.25, -0.2) is 0 Å². The number of likely N-dealkylation sites (N-methyl/N-ethyl adjacent to an activating group) is 1. The van der Waals surface area contributed by atoms with Crippen molar-refractivity contribution < 1.29 is 4.79 Å². The highest BCUT2D eigenvalue weighted by atomic mass is 16.1. The van der Waals surface area contributed by atoms with Crippen LogP contribution in [0, 0.1) is 0 Å². The van der Waals surface area contributed by atoms with E-state index in [2.05, 4.69) is 46.2 Å². The van der Waals surface area contributed by atoms with E-state index in [9.17, 15) is 4.79 Å². The molecule has 4 rings (SSSR count). The number of hydrogen-bond acceptors (Lipinski definition) is 3. The van der Waals surface area contributed by atoms with Crippen LogP contribution in [-0.4, -0.2) is 41.9 Å². The topological polar surface area (TPSA) is 23.6 Å². The molecule has 1 saturated heterocycles. The van der Waals surface area contributed by atoms with Crippen LogP contribution in [-0.2, 0) is 4.79 Å². The third kappa shape index (κ3) is 2.50. The van der Waals surface area contributed by atoms with Gasteiger partial charge in [0.05, 0.1) is 11.3 Å². The summed E-state index contributed by atoms with van der Waals surface area (Å²) < 4.78 is 0. The molecule has 2 heterocycles. The van der Waals surface area contributed by atoms with E-state index in [1.165, 1.54) is 6.42 Å². The van der Waals surface area contributed by atoms with E-state index in [4.69, 9.17) is 0 Å². The molecule has 0 radical (unpaired) electrons. The summed E-state index contributed by atoms with van der Waals surface area (Å²) in [5.74, 6) is 0.245. The lowest BCUT2D eigenvalue weighted by atomic mass is 9.91. The quantitative estimate of drug-likeness (QED) is 0.829. The van der Waals surface area contributed by atoms with Crippen molar-refractivity contribution in [3.63, 3.8) is 0 Å². The van der Waals surface area contributed by atoms with Crippen LogP contribution >= 0.6 is 0 Å². The highest BCUT2D eigenvalue weighted by Crippen LogP contribution is 2.48. The lowest BCUT2D eigenvalue weighted by molar-refractivity contribution is -0.131. The fourth-order valence-electron chi connectivity index (χ4n) is 4.55. The SMILES string of the molecule is CN(C)C12CCCCCN1C(c1ccccc1)=C(c1ccccc1)C2=O. The molecule has 2 aromatic carbocycles. The predicted octanol–water partition coefficient (Wildman–Crippen LogP) is 4.27. The molecule has 26 heavy (non-hydrogen) atoms. The fraction of sp³-hybridized carbons (Fsp3) is 0.348. The molecule has 1 atom stereocenters. The molecule has 134 valence electrons. The van der Waals surface area contributed by atoms with Crippen LogP contribution in [0.2, 0.25) is 0 Å². The number of Topliss-reactive ketones (excluding diaryl/α,β-unsaturated/α-hetero) is 1. The summed E-state index contributed by atoms with van der Waals surface area (Å²) in [4.78, 5) is 18.4. The van der Waals surface area contributed by atoms with Crippen LogP contribution in [0.4, 0.5) is 0 Å². The Morgan fingerprint density at radius 2 is 1.46 bits per heavy atom. The second-order valence-electron chi connectivity index (χ2n) is 7.46. The second kappa shape index (κ2) is 6.73. The Hall–Kier alpha value is -2.39. The van der Waals surface area contributed by atoms with E-state index in [0.29, 0.717) is 0 Å². The maximum Gasteiger partial charge on any atom is 0.206 e. The van der Waals surface area contributed by atoms with Gasteiger partial charge in [-0.05, 0) is 44.5 Å². The van der Waals surface area contributed by atoms with Crippen LogP contribution in [0.3, 0.4) is 0 Å². The van der Waals surface area contributed by atoms with E-state index >= 15 is 0 Å². The zero-order valence-corrected chi connectivity index (χ0v) is 15.6. The number of hydrogen-bond donors (Lipinski definition) is 0. The van der Waals surface area contributed by atoms with Gasteiger partial charge < -0.3 is 4.90 Å². The Labute approximate surface area is 155 Å². The molecule has 0 saturated carbocycles. The summed E-state index contributed by atoms with van der Waals surface area (Å²) in [5.41, 5.74) is 3.55. The molecular weight excluding hydrogens is 320 g/mol. The number of rotatable bonds is 3. The van der Waals surface area contributed by atoms with Gasteiger partial charge in [0.1, 0.15) is 0 Å². The Morgan fingerprint density at radius 1 is 0.846 bits per heavy atom. The number of fused-ring (bicyclic) bond motifs is 1. The summed E-state index contributed by atoms with van der Waals surface area (Å²) in [5, 5.41) is 0. The first-order valence-corrected chi connectivity index (χ1v) is 9.51. The zero-order chi connectivity index (χ0) is 18.1. The van der Waals surface area contributed by atoms with Crippen molar-refractivity contribution in [1.29, 1.82) is 0 Å². The Bertz CT molecular complexity index is 826. The van der Waals surface area contributed by atoms with E-state index in [0.717, 1.165) is 48.2 Å². The van der Waals surface area contributed by atoms with Gasteiger partial charge in [0, 0.05) is 6.54 Å². The predicted molar refractivity (Wildman–Crippen MR) is 106 cm³/mol. The summed E-state index contributed by atoms with van der Waals surface area (Å²) in [6.07, 6.45) is 4.28. The minimum absolute atomic E-state index is 0.245. The van der Waals surface area contributed by atoms with Crippen LogP contribution in [0.25, 0.3) is 11.3 Å². The van der Waals surface area contributed by atoms with Crippen molar-refractivity contribution >= 4 is 17.1 Å². The van der Waals surface area contributed by atoms with Crippen LogP contribution < -0.4 is 0 Å². The smallest absolute Gasteiger partial charge is 0.206 e. The first-order chi connectivity index (χ1) is 12.7. The number of benzene rings is 2. The van der Waals surface area contributed by atoms with Gasteiger partial charge in [-0.15, -0.1) is 0 Å². The van der Waals surface area contributed by atoms with Crippen molar-refractivity contribution in [1.82, 2.24) is 9.80 Å². The van der Waals surface area contributed by atoms with Crippen molar-refractivity contribution in [2.75, 3.05) is 20.6 Å². The van der Waals surface area contributed by atoms with Gasteiger partial charge in [-0.2, -0.15) is 0 Å².